The van der Waals surface area contributed by atoms with Gasteiger partial charge in [0, 0.05) is 24.9 Å². The second kappa shape index (κ2) is 5.46. The summed E-state index contributed by atoms with van der Waals surface area (Å²) in [6.07, 6.45) is 0.790. The molecule has 1 atom stereocenters. The molecule has 1 fully saturated rings. The van der Waals surface area contributed by atoms with E-state index in [1.807, 2.05) is 24.3 Å². The van der Waals surface area contributed by atoms with Crippen molar-refractivity contribution < 1.29 is 9.53 Å². The molecule has 1 aromatic carbocycles. The second-order valence-electron chi connectivity index (χ2n) is 4.37. The summed E-state index contributed by atoms with van der Waals surface area (Å²) in [6, 6.07) is 7.38. The predicted molar refractivity (Wildman–Crippen MR) is 74.7 cm³/mol. The molecule has 1 aliphatic heterocycles. The van der Waals surface area contributed by atoms with E-state index in [1.165, 1.54) is 0 Å². The molecule has 1 aromatic rings. The van der Waals surface area contributed by atoms with Gasteiger partial charge in [-0.15, -0.1) is 0 Å². The Morgan fingerprint density at radius 1 is 1.56 bits per heavy atom. The molecule has 0 aromatic heterocycles. The Morgan fingerprint density at radius 2 is 2.33 bits per heavy atom. The zero-order chi connectivity index (χ0) is 13.1. The fourth-order valence-electron chi connectivity index (χ4n) is 2.00. The molecule has 0 aliphatic carbocycles. The van der Waals surface area contributed by atoms with Crippen molar-refractivity contribution in [3.8, 4) is 0 Å². The third-order valence-electron chi connectivity index (χ3n) is 3.13. The van der Waals surface area contributed by atoms with Crippen molar-refractivity contribution in [2.75, 3.05) is 25.2 Å². The minimum atomic E-state index is -0.0384. The molecule has 0 radical (unpaired) electrons. The van der Waals surface area contributed by atoms with Crippen molar-refractivity contribution in [3.63, 3.8) is 0 Å². The molecule has 0 spiro atoms. The highest BCUT2D eigenvalue weighted by Crippen LogP contribution is 2.21. The van der Waals surface area contributed by atoms with Gasteiger partial charge in [-0.1, -0.05) is 24.4 Å². The summed E-state index contributed by atoms with van der Waals surface area (Å²) in [5, 5.41) is 0. The fourth-order valence-corrected chi connectivity index (χ4v) is 2.13. The number of ether oxygens (including phenoxy) is 1. The van der Waals surface area contributed by atoms with Crippen LogP contribution < -0.4 is 10.6 Å². The number of carbonyl (C=O) groups is 1. The van der Waals surface area contributed by atoms with Crippen LogP contribution in [0.2, 0.25) is 0 Å². The zero-order valence-electron chi connectivity index (χ0n) is 10.3. The Labute approximate surface area is 112 Å². The number of hydrogen-bond acceptors (Lipinski definition) is 3. The molecule has 0 saturated carbocycles. The highest BCUT2D eigenvalue weighted by molar-refractivity contribution is 7.80. The van der Waals surface area contributed by atoms with Crippen molar-refractivity contribution in [1.29, 1.82) is 0 Å². The Balaban J connectivity index is 2.17. The van der Waals surface area contributed by atoms with Crippen LogP contribution in [0.25, 0.3) is 0 Å². The van der Waals surface area contributed by atoms with Gasteiger partial charge in [-0.2, -0.15) is 0 Å². The first-order valence-electron chi connectivity index (χ1n) is 5.85. The lowest BCUT2D eigenvalue weighted by atomic mass is 10.1. The number of amides is 1. The fraction of sp³-hybridized carbons (Fsp3) is 0.385. The third-order valence-corrected chi connectivity index (χ3v) is 3.36. The molecule has 18 heavy (non-hydrogen) atoms. The average molecular weight is 264 g/mol. The lowest BCUT2D eigenvalue weighted by Gasteiger charge is -2.21. The molecular weight excluding hydrogens is 248 g/mol. The lowest BCUT2D eigenvalue weighted by molar-refractivity contribution is -0.122. The number of nitrogens with two attached hydrogens (primary N) is 1. The SMILES string of the molecule is CN(C(=O)C1CCOC1)c1cccc(C(N)=S)c1. The summed E-state index contributed by atoms with van der Waals surface area (Å²) in [5.41, 5.74) is 7.16. The molecule has 1 saturated heterocycles. The van der Waals surface area contributed by atoms with Gasteiger partial charge in [0.05, 0.1) is 12.5 Å². The van der Waals surface area contributed by atoms with Gasteiger partial charge in [-0.25, -0.2) is 0 Å². The van der Waals surface area contributed by atoms with Crippen molar-refractivity contribution in [2.24, 2.45) is 11.7 Å². The van der Waals surface area contributed by atoms with Gasteiger partial charge in [-0.3, -0.25) is 4.79 Å². The third kappa shape index (κ3) is 2.68. The molecule has 1 heterocycles. The molecule has 96 valence electrons. The minimum absolute atomic E-state index is 0.0384. The van der Waals surface area contributed by atoms with Gasteiger partial charge >= 0.3 is 0 Å². The first-order valence-corrected chi connectivity index (χ1v) is 6.25. The number of carbonyl (C=O) groups excluding carboxylic acids is 1. The Kier molecular flexibility index (Phi) is 3.93. The zero-order valence-corrected chi connectivity index (χ0v) is 11.1. The van der Waals surface area contributed by atoms with Crippen LogP contribution in [0.4, 0.5) is 5.69 Å². The highest BCUT2D eigenvalue weighted by Gasteiger charge is 2.26. The number of anilines is 1. The lowest BCUT2D eigenvalue weighted by Crippen LogP contribution is -2.33. The summed E-state index contributed by atoms with van der Waals surface area (Å²) in [6.45, 7) is 1.18. The summed E-state index contributed by atoms with van der Waals surface area (Å²) in [5.74, 6) is 0.0380. The van der Waals surface area contributed by atoms with Crippen molar-refractivity contribution in [3.05, 3.63) is 29.8 Å². The van der Waals surface area contributed by atoms with E-state index in [0.717, 1.165) is 17.7 Å². The largest absolute Gasteiger partial charge is 0.389 e. The quantitative estimate of drug-likeness (QED) is 0.837. The van der Waals surface area contributed by atoms with E-state index >= 15 is 0 Å². The summed E-state index contributed by atoms with van der Waals surface area (Å²) in [7, 11) is 1.76. The standard InChI is InChI=1S/C13H16N2O2S/c1-15(13(16)10-5-6-17-8-10)11-4-2-3-9(7-11)12(14)18/h2-4,7,10H,5-6,8H2,1H3,(H2,14,18). The highest BCUT2D eigenvalue weighted by atomic mass is 32.1. The van der Waals surface area contributed by atoms with Crippen LogP contribution >= 0.6 is 12.2 Å². The van der Waals surface area contributed by atoms with E-state index in [0.29, 0.717) is 18.2 Å². The number of hydrogen-bond donors (Lipinski definition) is 1. The van der Waals surface area contributed by atoms with Crippen LogP contribution in [0, 0.1) is 5.92 Å². The molecule has 1 aliphatic rings. The first-order chi connectivity index (χ1) is 8.59. The summed E-state index contributed by atoms with van der Waals surface area (Å²) in [4.78, 5) is 14.2. The van der Waals surface area contributed by atoms with E-state index in [1.54, 1.807) is 11.9 Å². The number of rotatable bonds is 3. The van der Waals surface area contributed by atoms with Crippen LogP contribution in [-0.2, 0) is 9.53 Å². The molecule has 0 bridgehead atoms. The van der Waals surface area contributed by atoms with Crippen LogP contribution in [0.3, 0.4) is 0 Å². The van der Waals surface area contributed by atoms with Gasteiger partial charge in [0.2, 0.25) is 5.91 Å². The number of benzene rings is 1. The first kappa shape index (κ1) is 13.0. The summed E-state index contributed by atoms with van der Waals surface area (Å²) < 4.78 is 5.24. The topological polar surface area (TPSA) is 55.6 Å². The van der Waals surface area contributed by atoms with E-state index in [9.17, 15) is 4.79 Å². The van der Waals surface area contributed by atoms with Crippen LogP contribution in [0.1, 0.15) is 12.0 Å². The molecule has 1 amide bonds. The number of thiocarbonyl (C=S) groups is 1. The molecule has 5 heteroatoms. The average Bonchev–Trinajstić information content (AvgIpc) is 2.91. The van der Waals surface area contributed by atoms with E-state index in [2.05, 4.69) is 0 Å². The van der Waals surface area contributed by atoms with Gasteiger partial charge in [0.25, 0.3) is 0 Å². The van der Waals surface area contributed by atoms with Gasteiger partial charge in [-0.05, 0) is 18.6 Å². The van der Waals surface area contributed by atoms with E-state index < -0.39 is 0 Å². The molecule has 1 unspecified atom stereocenters. The van der Waals surface area contributed by atoms with Crippen molar-refractivity contribution in [1.82, 2.24) is 0 Å². The second-order valence-corrected chi connectivity index (χ2v) is 4.81. The van der Waals surface area contributed by atoms with Crippen LogP contribution in [0.5, 0.6) is 0 Å². The maximum absolute atomic E-state index is 12.2. The van der Waals surface area contributed by atoms with Crippen LogP contribution in [-0.4, -0.2) is 31.2 Å². The van der Waals surface area contributed by atoms with Crippen molar-refractivity contribution in [2.45, 2.75) is 6.42 Å². The maximum Gasteiger partial charge on any atom is 0.232 e. The van der Waals surface area contributed by atoms with Gasteiger partial charge < -0.3 is 15.4 Å². The Morgan fingerprint density at radius 3 is 2.94 bits per heavy atom. The van der Waals surface area contributed by atoms with Crippen LogP contribution in [0.15, 0.2) is 24.3 Å². The molecular formula is C13H16N2O2S. The molecule has 2 N–H and O–H groups in total. The van der Waals surface area contributed by atoms with Crippen molar-refractivity contribution >= 4 is 28.8 Å². The predicted octanol–water partition coefficient (Wildman–Crippen LogP) is 1.32. The van der Waals surface area contributed by atoms with E-state index in [4.69, 9.17) is 22.7 Å². The number of nitrogens with zero attached hydrogens (tertiary/aromatic N) is 1. The Hall–Kier alpha value is -1.46. The van der Waals surface area contributed by atoms with E-state index in [-0.39, 0.29) is 11.8 Å². The minimum Gasteiger partial charge on any atom is -0.389 e. The Bertz CT molecular complexity index is 470. The smallest absolute Gasteiger partial charge is 0.232 e. The van der Waals surface area contributed by atoms with Gasteiger partial charge in [0.15, 0.2) is 0 Å². The normalized spacial score (nSPS) is 18.6. The molecule has 4 nitrogen and oxygen atoms in total. The molecule has 2 rings (SSSR count). The monoisotopic (exact) mass is 264 g/mol. The maximum atomic E-state index is 12.2. The summed E-state index contributed by atoms with van der Waals surface area (Å²) >= 11 is 4.94. The van der Waals surface area contributed by atoms with Gasteiger partial charge in [0.1, 0.15) is 4.99 Å².